The summed E-state index contributed by atoms with van der Waals surface area (Å²) in [6, 6.07) is 16.5. The predicted molar refractivity (Wildman–Crippen MR) is 235 cm³/mol. The second-order valence-electron chi connectivity index (χ2n) is 20.0. The van der Waals surface area contributed by atoms with Crippen LogP contribution in [0.4, 0.5) is 15.9 Å². The number of hydrogen-bond acceptors (Lipinski definition) is 8. The molecule has 5 aliphatic heterocycles. The zero-order chi connectivity index (χ0) is 42.3. The van der Waals surface area contributed by atoms with Crippen LogP contribution in [0.1, 0.15) is 106 Å². The minimum atomic E-state index is -0.594. The molecule has 61 heavy (non-hydrogen) atoms. The molecule has 4 aromatic rings. The molecule has 5 fully saturated rings. The highest BCUT2D eigenvalue weighted by molar-refractivity contribution is 6.05. The van der Waals surface area contributed by atoms with Gasteiger partial charge in [0.25, 0.3) is 5.91 Å². The van der Waals surface area contributed by atoms with E-state index in [0.717, 1.165) is 91.4 Å². The van der Waals surface area contributed by atoms with Crippen molar-refractivity contribution in [3.63, 3.8) is 0 Å². The van der Waals surface area contributed by atoms with E-state index in [4.69, 9.17) is 9.72 Å². The van der Waals surface area contributed by atoms with Gasteiger partial charge in [0.1, 0.15) is 17.7 Å². The number of anilines is 2. The molecule has 11 nitrogen and oxygen atoms in total. The zero-order valence-corrected chi connectivity index (χ0v) is 35.9. The van der Waals surface area contributed by atoms with E-state index >= 15 is 0 Å². The lowest BCUT2D eigenvalue weighted by Crippen LogP contribution is -2.59. The van der Waals surface area contributed by atoms with Crippen LogP contribution in [0.25, 0.3) is 16.5 Å². The van der Waals surface area contributed by atoms with E-state index in [1.54, 1.807) is 4.90 Å². The number of aromatic amines is 1. The Morgan fingerprint density at radius 2 is 1.59 bits per heavy atom. The van der Waals surface area contributed by atoms with E-state index in [0.29, 0.717) is 41.3 Å². The Bertz CT molecular complexity index is 2380. The van der Waals surface area contributed by atoms with Crippen molar-refractivity contribution in [1.82, 2.24) is 25.1 Å². The van der Waals surface area contributed by atoms with Gasteiger partial charge in [-0.15, -0.1) is 0 Å². The minimum absolute atomic E-state index is 0.127. The maximum Gasteiger partial charge on any atom is 0.255 e. The summed E-state index contributed by atoms with van der Waals surface area (Å²) in [7, 11) is 0. The molecule has 3 amide bonds. The summed E-state index contributed by atoms with van der Waals surface area (Å²) < 4.78 is 21.2. The molecule has 2 N–H and O–H groups in total. The Morgan fingerprint density at radius 3 is 2.30 bits per heavy atom. The van der Waals surface area contributed by atoms with Crippen LogP contribution in [0.3, 0.4) is 0 Å². The molecule has 2 aromatic carbocycles. The number of pyridine rings is 1. The predicted octanol–water partition coefficient (Wildman–Crippen LogP) is 7.45. The number of hydrogen-bond donors (Lipinski definition) is 2. The van der Waals surface area contributed by atoms with Gasteiger partial charge in [-0.05, 0) is 143 Å². The second-order valence-corrected chi connectivity index (χ2v) is 20.0. The highest BCUT2D eigenvalue weighted by Gasteiger charge is 2.48. The van der Waals surface area contributed by atoms with Crippen molar-refractivity contribution in [2.75, 3.05) is 49.1 Å². The van der Waals surface area contributed by atoms with Crippen LogP contribution in [0.2, 0.25) is 0 Å². The number of rotatable bonds is 7. The summed E-state index contributed by atoms with van der Waals surface area (Å²) in [5, 5.41) is 2.99. The first kappa shape index (κ1) is 40.0. The average Bonchev–Trinajstić information content (AvgIpc) is 3.75. The summed E-state index contributed by atoms with van der Waals surface area (Å²) in [5.41, 5.74) is 6.58. The van der Waals surface area contributed by atoms with E-state index in [9.17, 15) is 18.8 Å². The number of H-pyrrole nitrogens is 1. The summed E-state index contributed by atoms with van der Waals surface area (Å²) >= 11 is 0. The number of carbonyl (C=O) groups is 3. The van der Waals surface area contributed by atoms with Crippen molar-refractivity contribution >= 4 is 45.7 Å². The standard InChI is InChI=1S/C49H58FN7O4/c1-47(2)24-31(25-48(3,4)61-47)21-38(32-5-9-41-39(23-32)40(50)29-51-41)33-6-11-43(52-28-33)56-15-13-49(14-16-56)26-36(27-49)55-19-17-54(18-20-55)35-7-8-37-34(22-35)30-57(46(37)60)42-10-12-44(58)53-45(42)59/h5-9,11,21-23,28-29,31,36,42,51H,10,12-20,24-27,30H2,1-4H3,(H,53,58,59). The first-order chi connectivity index (χ1) is 29.2. The average molecular weight is 828 g/mol. The van der Waals surface area contributed by atoms with Crippen molar-refractivity contribution in [3.05, 3.63) is 95.1 Å². The maximum absolute atomic E-state index is 14.8. The minimum Gasteiger partial charge on any atom is -0.370 e. The number of fused-ring (bicyclic) bond motifs is 2. The van der Waals surface area contributed by atoms with Gasteiger partial charge in [0.05, 0.1) is 11.2 Å². The van der Waals surface area contributed by atoms with E-state index in [1.165, 1.54) is 31.9 Å². The molecule has 2 aromatic heterocycles. The molecule has 1 aliphatic carbocycles. The Hall–Kier alpha value is -5.07. The van der Waals surface area contributed by atoms with Gasteiger partial charge in [-0.1, -0.05) is 12.1 Å². The van der Waals surface area contributed by atoms with Gasteiger partial charge in [-0.25, -0.2) is 9.37 Å². The molecule has 1 atom stereocenters. The zero-order valence-electron chi connectivity index (χ0n) is 35.9. The molecule has 12 heteroatoms. The number of aromatic nitrogens is 2. The lowest BCUT2D eigenvalue weighted by atomic mass is 9.60. The van der Waals surface area contributed by atoms with Gasteiger partial charge in [-0.3, -0.25) is 24.6 Å². The SMILES string of the molecule is CC1(C)CC(C=C(c2ccc(N3CCC4(CC3)CC(N3CCN(c5ccc6c(c5)CN(C5CCC(=O)NC5=O)C6=O)CC3)C4)nc2)c2ccc3[nH]cc(F)c3c2)CC(C)(C)O1. The number of benzene rings is 2. The lowest BCUT2D eigenvalue weighted by Gasteiger charge is -2.56. The number of ether oxygens (including phenoxy) is 1. The Kier molecular flexibility index (Phi) is 9.90. The van der Waals surface area contributed by atoms with Crippen molar-refractivity contribution in [3.8, 4) is 0 Å². The third kappa shape index (κ3) is 7.75. The molecule has 1 unspecified atom stereocenters. The van der Waals surface area contributed by atoms with Crippen LogP contribution >= 0.6 is 0 Å². The number of piperidine rings is 2. The molecule has 10 rings (SSSR count). The van der Waals surface area contributed by atoms with Gasteiger partial charge >= 0.3 is 0 Å². The number of carbonyl (C=O) groups excluding carboxylic acids is 3. The first-order valence-corrected chi connectivity index (χ1v) is 22.4. The molecule has 4 saturated heterocycles. The first-order valence-electron chi connectivity index (χ1n) is 22.4. The Labute approximate surface area is 357 Å². The van der Waals surface area contributed by atoms with E-state index in [-0.39, 0.29) is 41.2 Å². The monoisotopic (exact) mass is 827 g/mol. The van der Waals surface area contributed by atoms with E-state index < -0.39 is 6.04 Å². The van der Waals surface area contributed by atoms with Crippen molar-refractivity contribution in [1.29, 1.82) is 0 Å². The number of allylic oxidation sites excluding steroid dienone is 1. The lowest BCUT2D eigenvalue weighted by molar-refractivity contribution is -0.166. The fourth-order valence-electron chi connectivity index (χ4n) is 11.8. The third-order valence-electron chi connectivity index (χ3n) is 14.7. The largest absolute Gasteiger partial charge is 0.370 e. The number of halogens is 1. The number of piperazine rings is 1. The van der Waals surface area contributed by atoms with Gasteiger partial charge < -0.3 is 24.4 Å². The molecule has 7 heterocycles. The highest BCUT2D eigenvalue weighted by Crippen LogP contribution is 2.51. The molecule has 1 spiro atoms. The normalized spacial score (nSPS) is 24.7. The number of nitrogens with one attached hydrogen (secondary N) is 2. The molecule has 0 bridgehead atoms. The molecule has 320 valence electrons. The van der Waals surface area contributed by atoms with Crippen molar-refractivity contribution in [2.45, 2.75) is 109 Å². The fraction of sp³-hybridized carbons (Fsp3) is 0.510. The number of imide groups is 1. The molecule has 0 radical (unpaired) electrons. The highest BCUT2D eigenvalue weighted by atomic mass is 19.1. The van der Waals surface area contributed by atoms with E-state index in [1.807, 2.05) is 30.5 Å². The van der Waals surface area contributed by atoms with E-state index in [2.05, 4.69) is 83.0 Å². The molecular weight excluding hydrogens is 770 g/mol. The van der Waals surface area contributed by atoms with Crippen LogP contribution in [-0.2, 0) is 20.9 Å². The van der Waals surface area contributed by atoms with Gasteiger partial charge in [0.2, 0.25) is 11.8 Å². The van der Waals surface area contributed by atoms with Gasteiger partial charge in [-0.2, -0.15) is 0 Å². The summed E-state index contributed by atoms with van der Waals surface area (Å²) in [6.45, 7) is 15.0. The molecule has 1 saturated carbocycles. The van der Waals surface area contributed by atoms with Crippen LogP contribution in [-0.4, -0.2) is 100 Å². The summed E-state index contributed by atoms with van der Waals surface area (Å²) in [6.07, 6.45) is 13.1. The smallest absolute Gasteiger partial charge is 0.255 e. The molecule has 6 aliphatic rings. The second kappa shape index (κ2) is 15.1. The Balaban J connectivity index is 0.745. The van der Waals surface area contributed by atoms with Crippen molar-refractivity contribution < 1.29 is 23.5 Å². The molecular formula is C49H58FN7O4. The quantitative estimate of drug-likeness (QED) is 0.185. The van der Waals surface area contributed by atoms with Crippen LogP contribution < -0.4 is 15.1 Å². The third-order valence-corrected chi connectivity index (χ3v) is 14.7. The van der Waals surface area contributed by atoms with Crippen LogP contribution in [0.5, 0.6) is 0 Å². The number of nitrogens with zero attached hydrogens (tertiary/aromatic N) is 5. The summed E-state index contributed by atoms with van der Waals surface area (Å²) in [4.78, 5) is 54.7. The van der Waals surface area contributed by atoms with Gasteiger partial charge in [0.15, 0.2) is 0 Å². The number of amides is 3. The van der Waals surface area contributed by atoms with Crippen LogP contribution in [0, 0.1) is 17.2 Å². The van der Waals surface area contributed by atoms with Crippen molar-refractivity contribution in [2.24, 2.45) is 11.3 Å². The summed E-state index contributed by atoms with van der Waals surface area (Å²) in [5.74, 6) is 0.305. The van der Waals surface area contributed by atoms with Crippen LogP contribution in [0.15, 0.2) is 67.0 Å². The topological polar surface area (TPSA) is 114 Å². The van der Waals surface area contributed by atoms with Gasteiger partial charge in [0, 0.05) is 98.4 Å². The maximum atomic E-state index is 14.8. The fourth-order valence-corrected chi connectivity index (χ4v) is 11.8. The Morgan fingerprint density at radius 1 is 0.852 bits per heavy atom.